The summed E-state index contributed by atoms with van der Waals surface area (Å²) >= 11 is 0. The van der Waals surface area contributed by atoms with Crippen LogP contribution in [0.1, 0.15) is 33.1 Å². The fraction of sp³-hybridized carbons (Fsp3) is 0.833. The Kier molecular flexibility index (Phi) is 4.93. The number of hydrogen-bond donors (Lipinski definition) is 1. The SMILES string of the molecule is CCOC(=O)C(CC)(C(=O)O)C1CCCOC1. The lowest BCUT2D eigenvalue weighted by molar-refractivity contribution is -0.177. The van der Waals surface area contributed by atoms with Gasteiger partial charge in [-0.2, -0.15) is 0 Å². The number of carbonyl (C=O) groups excluding carboxylic acids is 1. The summed E-state index contributed by atoms with van der Waals surface area (Å²) < 4.78 is 10.2. The molecule has 1 heterocycles. The Labute approximate surface area is 101 Å². The summed E-state index contributed by atoms with van der Waals surface area (Å²) in [7, 11) is 0. The second kappa shape index (κ2) is 6.00. The lowest BCUT2D eigenvalue weighted by Crippen LogP contribution is -2.49. The summed E-state index contributed by atoms with van der Waals surface area (Å²) in [6.07, 6.45) is 1.72. The molecule has 17 heavy (non-hydrogen) atoms. The normalized spacial score (nSPS) is 23.8. The van der Waals surface area contributed by atoms with E-state index in [1.54, 1.807) is 13.8 Å². The molecular formula is C12H20O5. The molecule has 1 rings (SSSR count). The maximum atomic E-state index is 12.0. The monoisotopic (exact) mass is 244 g/mol. The molecule has 0 aliphatic carbocycles. The molecular weight excluding hydrogens is 224 g/mol. The van der Waals surface area contributed by atoms with Gasteiger partial charge < -0.3 is 14.6 Å². The lowest BCUT2D eigenvalue weighted by Gasteiger charge is -2.36. The van der Waals surface area contributed by atoms with Crippen LogP contribution in [0.2, 0.25) is 0 Å². The molecule has 0 spiro atoms. The Hall–Kier alpha value is -1.10. The molecule has 1 aliphatic rings. The largest absolute Gasteiger partial charge is 0.480 e. The van der Waals surface area contributed by atoms with E-state index in [0.717, 1.165) is 6.42 Å². The van der Waals surface area contributed by atoms with E-state index < -0.39 is 17.4 Å². The molecule has 0 bridgehead atoms. The molecule has 98 valence electrons. The number of esters is 1. The number of carboxylic acids is 1. The standard InChI is InChI=1S/C12H20O5/c1-3-12(10(13)14,11(15)17-4-2)9-6-5-7-16-8-9/h9H,3-8H2,1-2H3,(H,13,14). The third-order valence-corrected chi connectivity index (χ3v) is 3.44. The van der Waals surface area contributed by atoms with Crippen LogP contribution in [0.5, 0.6) is 0 Å². The molecule has 1 fully saturated rings. The van der Waals surface area contributed by atoms with E-state index >= 15 is 0 Å². The second-order valence-electron chi connectivity index (χ2n) is 4.26. The lowest BCUT2D eigenvalue weighted by atomic mass is 9.71. The van der Waals surface area contributed by atoms with Crippen molar-refractivity contribution in [2.24, 2.45) is 11.3 Å². The molecule has 5 heteroatoms. The van der Waals surface area contributed by atoms with Crippen LogP contribution in [0.25, 0.3) is 0 Å². The van der Waals surface area contributed by atoms with Crippen LogP contribution in [0.3, 0.4) is 0 Å². The molecule has 0 aromatic carbocycles. The Morgan fingerprint density at radius 1 is 1.47 bits per heavy atom. The van der Waals surface area contributed by atoms with Gasteiger partial charge in [0.2, 0.25) is 0 Å². The van der Waals surface area contributed by atoms with E-state index in [1.165, 1.54) is 0 Å². The van der Waals surface area contributed by atoms with Gasteiger partial charge in [-0.3, -0.25) is 9.59 Å². The average Bonchev–Trinajstić information content (AvgIpc) is 2.32. The number of hydrogen-bond acceptors (Lipinski definition) is 4. The molecule has 5 nitrogen and oxygen atoms in total. The van der Waals surface area contributed by atoms with Crippen molar-refractivity contribution >= 4 is 11.9 Å². The van der Waals surface area contributed by atoms with Crippen LogP contribution in [0.4, 0.5) is 0 Å². The van der Waals surface area contributed by atoms with Crippen molar-refractivity contribution in [1.82, 2.24) is 0 Å². The average molecular weight is 244 g/mol. The second-order valence-corrected chi connectivity index (χ2v) is 4.26. The first-order valence-electron chi connectivity index (χ1n) is 6.07. The third kappa shape index (κ3) is 2.60. The van der Waals surface area contributed by atoms with Crippen molar-refractivity contribution in [1.29, 1.82) is 0 Å². The van der Waals surface area contributed by atoms with Gasteiger partial charge in [0.05, 0.1) is 13.2 Å². The molecule has 0 radical (unpaired) electrons. The zero-order valence-corrected chi connectivity index (χ0v) is 10.4. The summed E-state index contributed by atoms with van der Waals surface area (Å²) in [6.45, 7) is 4.54. The van der Waals surface area contributed by atoms with E-state index in [1.807, 2.05) is 0 Å². The third-order valence-electron chi connectivity index (χ3n) is 3.44. The highest BCUT2D eigenvalue weighted by atomic mass is 16.5. The van der Waals surface area contributed by atoms with Gasteiger partial charge in [0, 0.05) is 12.5 Å². The molecule has 1 saturated heterocycles. The Bertz CT molecular complexity index is 283. The van der Waals surface area contributed by atoms with Gasteiger partial charge in [-0.1, -0.05) is 6.92 Å². The topological polar surface area (TPSA) is 72.8 Å². The highest BCUT2D eigenvalue weighted by Crippen LogP contribution is 2.38. The first kappa shape index (κ1) is 14.0. The zero-order chi connectivity index (χ0) is 12.9. The van der Waals surface area contributed by atoms with Crippen LogP contribution >= 0.6 is 0 Å². The highest BCUT2D eigenvalue weighted by Gasteiger charge is 2.52. The van der Waals surface area contributed by atoms with Crippen molar-refractivity contribution in [2.75, 3.05) is 19.8 Å². The van der Waals surface area contributed by atoms with Crippen molar-refractivity contribution in [2.45, 2.75) is 33.1 Å². The van der Waals surface area contributed by atoms with Crippen LogP contribution in [-0.4, -0.2) is 36.9 Å². The maximum Gasteiger partial charge on any atom is 0.323 e. The van der Waals surface area contributed by atoms with E-state index in [-0.39, 0.29) is 18.9 Å². The molecule has 1 aliphatic heterocycles. The molecule has 1 N–H and O–H groups in total. The number of aliphatic carboxylic acids is 1. The number of rotatable bonds is 5. The minimum atomic E-state index is -1.45. The number of carbonyl (C=O) groups is 2. The first-order valence-corrected chi connectivity index (χ1v) is 6.07. The fourth-order valence-corrected chi connectivity index (χ4v) is 2.40. The van der Waals surface area contributed by atoms with E-state index in [0.29, 0.717) is 19.6 Å². The van der Waals surface area contributed by atoms with Gasteiger partial charge in [-0.15, -0.1) is 0 Å². The predicted octanol–water partition coefficient (Wildman–Crippen LogP) is 1.46. The molecule has 0 aromatic rings. The van der Waals surface area contributed by atoms with E-state index in [9.17, 15) is 14.7 Å². The van der Waals surface area contributed by atoms with E-state index in [2.05, 4.69) is 0 Å². The Morgan fingerprint density at radius 3 is 2.59 bits per heavy atom. The van der Waals surface area contributed by atoms with E-state index in [4.69, 9.17) is 9.47 Å². The number of carboxylic acid groups (broad SMARTS) is 1. The van der Waals surface area contributed by atoms with Gasteiger partial charge in [0.15, 0.2) is 5.41 Å². The van der Waals surface area contributed by atoms with Gasteiger partial charge >= 0.3 is 11.9 Å². The van der Waals surface area contributed by atoms with Gasteiger partial charge in [0.25, 0.3) is 0 Å². The highest BCUT2D eigenvalue weighted by molar-refractivity contribution is 5.99. The zero-order valence-electron chi connectivity index (χ0n) is 10.4. The molecule has 2 unspecified atom stereocenters. The molecule has 0 aromatic heterocycles. The minimum absolute atomic E-state index is 0.196. The Balaban J connectivity index is 2.98. The van der Waals surface area contributed by atoms with Crippen molar-refractivity contribution in [3.8, 4) is 0 Å². The van der Waals surface area contributed by atoms with Crippen LogP contribution in [0, 0.1) is 11.3 Å². The van der Waals surface area contributed by atoms with Crippen molar-refractivity contribution < 1.29 is 24.2 Å². The predicted molar refractivity (Wildman–Crippen MR) is 60.5 cm³/mol. The van der Waals surface area contributed by atoms with Crippen LogP contribution in [0.15, 0.2) is 0 Å². The molecule has 0 saturated carbocycles. The molecule has 0 amide bonds. The smallest absolute Gasteiger partial charge is 0.323 e. The van der Waals surface area contributed by atoms with Gasteiger partial charge in [-0.25, -0.2) is 0 Å². The van der Waals surface area contributed by atoms with Crippen molar-refractivity contribution in [3.63, 3.8) is 0 Å². The summed E-state index contributed by atoms with van der Waals surface area (Å²) in [5, 5.41) is 9.42. The maximum absolute atomic E-state index is 12.0. The number of ether oxygens (including phenoxy) is 2. The first-order chi connectivity index (χ1) is 8.09. The van der Waals surface area contributed by atoms with Crippen LogP contribution in [-0.2, 0) is 19.1 Å². The summed E-state index contributed by atoms with van der Waals surface area (Å²) in [5.74, 6) is -2.03. The van der Waals surface area contributed by atoms with Gasteiger partial charge in [-0.05, 0) is 26.2 Å². The van der Waals surface area contributed by atoms with Gasteiger partial charge in [0.1, 0.15) is 0 Å². The summed E-state index contributed by atoms with van der Waals surface area (Å²) in [5.41, 5.74) is -1.45. The summed E-state index contributed by atoms with van der Waals surface area (Å²) in [4.78, 5) is 23.5. The van der Waals surface area contributed by atoms with Crippen molar-refractivity contribution in [3.05, 3.63) is 0 Å². The Morgan fingerprint density at radius 2 is 2.18 bits per heavy atom. The molecule has 2 atom stereocenters. The quantitative estimate of drug-likeness (QED) is 0.585. The van der Waals surface area contributed by atoms with Crippen LogP contribution < -0.4 is 0 Å². The minimum Gasteiger partial charge on any atom is -0.480 e. The fourth-order valence-electron chi connectivity index (χ4n) is 2.40. The summed E-state index contributed by atoms with van der Waals surface area (Å²) in [6, 6.07) is 0.